The van der Waals surface area contributed by atoms with Gasteiger partial charge >= 0.3 is 0 Å². The van der Waals surface area contributed by atoms with Crippen molar-refractivity contribution in [3.63, 3.8) is 0 Å². The van der Waals surface area contributed by atoms with Crippen molar-refractivity contribution in [2.45, 2.75) is 54.7 Å². The molecule has 0 amide bonds. The van der Waals surface area contributed by atoms with Gasteiger partial charge in [-0.3, -0.25) is 0 Å². The van der Waals surface area contributed by atoms with Crippen LogP contribution in [-0.2, 0) is 0 Å². The Morgan fingerprint density at radius 2 is 1.92 bits per heavy atom. The molecule has 0 spiro atoms. The highest BCUT2D eigenvalue weighted by Crippen LogP contribution is 2.37. The van der Waals surface area contributed by atoms with Gasteiger partial charge < -0.3 is 16.0 Å². The van der Waals surface area contributed by atoms with Gasteiger partial charge in [-0.15, -0.1) is 10.2 Å². The van der Waals surface area contributed by atoms with Crippen LogP contribution in [0.15, 0.2) is 4.34 Å². The molecule has 2 aromatic rings. The number of thioether (sulfide) groups is 1. The quantitative estimate of drug-likeness (QED) is 0.731. The summed E-state index contributed by atoms with van der Waals surface area (Å²) in [4.78, 5) is 14.7. The number of nitrogens with two attached hydrogens (primary N) is 1. The highest BCUT2D eigenvalue weighted by molar-refractivity contribution is 8.01. The molecule has 8 nitrogen and oxygen atoms in total. The van der Waals surface area contributed by atoms with Crippen molar-refractivity contribution in [2.75, 3.05) is 30.0 Å². The summed E-state index contributed by atoms with van der Waals surface area (Å²) in [5.74, 6) is 1.45. The van der Waals surface area contributed by atoms with Crippen LogP contribution in [0, 0.1) is 0 Å². The minimum absolute atomic E-state index is 0.0134. The molecule has 1 fully saturated rings. The zero-order valence-electron chi connectivity index (χ0n) is 14.8. The summed E-state index contributed by atoms with van der Waals surface area (Å²) >= 11 is 3.17. The van der Waals surface area contributed by atoms with E-state index in [2.05, 4.69) is 30.5 Å². The zero-order chi connectivity index (χ0) is 17.8. The van der Waals surface area contributed by atoms with Gasteiger partial charge in [0.25, 0.3) is 0 Å². The number of anilines is 3. The van der Waals surface area contributed by atoms with Crippen molar-refractivity contribution in [2.24, 2.45) is 0 Å². The van der Waals surface area contributed by atoms with Crippen LogP contribution >= 0.6 is 23.1 Å². The van der Waals surface area contributed by atoms with Crippen molar-refractivity contribution in [1.29, 1.82) is 0 Å². The van der Waals surface area contributed by atoms with Crippen molar-refractivity contribution >= 4 is 40.1 Å². The second-order valence-corrected chi connectivity index (χ2v) is 8.92. The number of nitrogen functional groups attached to an aromatic ring is 1. The third-order valence-corrected chi connectivity index (χ3v) is 6.07. The SMILES string of the molecule is CC(Sc1nnc(NC2CCCCC2)s1)c1nc(N)nc(N(C)C)n1. The van der Waals surface area contributed by atoms with Crippen molar-refractivity contribution in [3.8, 4) is 0 Å². The van der Waals surface area contributed by atoms with Crippen LogP contribution < -0.4 is 16.0 Å². The molecule has 0 bridgehead atoms. The molecule has 1 unspecified atom stereocenters. The molecule has 2 heterocycles. The highest BCUT2D eigenvalue weighted by Gasteiger charge is 2.19. The van der Waals surface area contributed by atoms with E-state index in [1.807, 2.05) is 25.9 Å². The lowest BCUT2D eigenvalue weighted by molar-refractivity contribution is 0.462. The molecule has 1 aliphatic carbocycles. The van der Waals surface area contributed by atoms with Gasteiger partial charge in [-0.05, 0) is 19.8 Å². The van der Waals surface area contributed by atoms with Crippen molar-refractivity contribution in [1.82, 2.24) is 25.1 Å². The number of rotatable bonds is 6. The molecule has 0 radical (unpaired) electrons. The van der Waals surface area contributed by atoms with Crippen molar-refractivity contribution in [3.05, 3.63) is 5.82 Å². The van der Waals surface area contributed by atoms with E-state index in [-0.39, 0.29) is 11.2 Å². The average molecular weight is 381 g/mol. The average Bonchev–Trinajstić information content (AvgIpc) is 3.02. The molecule has 0 aromatic carbocycles. The summed E-state index contributed by atoms with van der Waals surface area (Å²) in [5, 5.41) is 13.0. The van der Waals surface area contributed by atoms with Gasteiger partial charge in [0.1, 0.15) is 5.82 Å². The van der Waals surface area contributed by atoms with Crippen molar-refractivity contribution < 1.29 is 0 Å². The third-order valence-electron chi connectivity index (χ3n) is 4.04. The Bertz CT molecular complexity index is 699. The third kappa shape index (κ3) is 4.91. The summed E-state index contributed by atoms with van der Waals surface area (Å²) in [6, 6.07) is 0.531. The van der Waals surface area contributed by atoms with E-state index in [1.54, 1.807) is 23.1 Å². The number of hydrogen-bond donors (Lipinski definition) is 2. The summed E-state index contributed by atoms with van der Waals surface area (Å²) in [7, 11) is 3.76. The summed E-state index contributed by atoms with van der Waals surface area (Å²) < 4.78 is 0.899. The second kappa shape index (κ2) is 8.13. The normalized spacial score (nSPS) is 16.6. The molecular weight excluding hydrogens is 356 g/mol. The Kier molecular flexibility index (Phi) is 5.89. The molecule has 1 aliphatic rings. The number of nitrogens with zero attached hydrogens (tertiary/aromatic N) is 6. The van der Waals surface area contributed by atoms with Gasteiger partial charge in [-0.2, -0.15) is 15.0 Å². The lowest BCUT2D eigenvalue weighted by atomic mass is 9.96. The van der Waals surface area contributed by atoms with Gasteiger partial charge in [0.2, 0.25) is 17.0 Å². The lowest BCUT2D eigenvalue weighted by Crippen LogP contribution is -2.21. The lowest BCUT2D eigenvalue weighted by Gasteiger charge is -2.21. The first-order valence-corrected chi connectivity index (χ1v) is 10.2. The first-order valence-electron chi connectivity index (χ1n) is 8.46. The molecule has 3 N–H and O–H groups in total. The molecule has 1 saturated carbocycles. The van der Waals surface area contributed by atoms with Crippen LogP contribution in [0.1, 0.15) is 50.1 Å². The van der Waals surface area contributed by atoms with E-state index in [0.29, 0.717) is 17.8 Å². The van der Waals surface area contributed by atoms with Gasteiger partial charge in [0.15, 0.2) is 4.34 Å². The van der Waals surface area contributed by atoms with Crippen LogP contribution in [0.5, 0.6) is 0 Å². The summed E-state index contributed by atoms with van der Waals surface area (Å²) in [5.41, 5.74) is 5.80. The predicted molar refractivity (Wildman–Crippen MR) is 103 cm³/mol. The zero-order valence-corrected chi connectivity index (χ0v) is 16.4. The summed E-state index contributed by atoms with van der Waals surface area (Å²) in [6.07, 6.45) is 6.37. The maximum absolute atomic E-state index is 5.80. The smallest absolute Gasteiger partial charge is 0.229 e. The van der Waals surface area contributed by atoms with E-state index < -0.39 is 0 Å². The van der Waals surface area contributed by atoms with Crippen LogP contribution in [0.4, 0.5) is 17.0 Å². The Balaban J connectivity index is 1.64. The molecule has 25 heavy (non-hydrogen) atoms. The first kappa shape index (κ1) is 18.1. The number of hydrogen-bond acceptors (Lipinski definition) is 10. The molecular formula is C15H24N8S2. The molecule has 0 aliphatic heterocycles. The van der Waals surface area contributed by atoms with Crippen LogP contribution in [0.3, 0.4) is 0 Å². The fourth-order valence-corrected chi connectivity index (χ4v) is 4.74. The van der Waals surface area contributed by atoms with Gasteiger partial charge in [0, 0.05) is 20.1 Å². The number of aromatic nitrogens is 5. The highest BCUT2D eigenvalue weighted by atomic mass is 32.2. The Hall–Kier alpha value is -1.68. The van der Waals surface area contributed by atoms with Gasteiger partial charge in [0.05, 0.1) is 5.25 Å². The minimum atomic E-state index is 0.0134. The summed E-state index contributed by atoms with van der Waals surface area (Å²) in [6.45, 7) is 2.04. The fraction of sp³-hybridized carbons (Fsp3) is 0.667. The van der Waals surface area contributed by atoms with E-state index in [4.69, 9.17) is 5.73 Å². The topological polar surface area (TPSA) is 106 Å². The predicted octanol–water partition coefficient (Wildman–Crippen LogP) is 2.97. The second-order valence-electron chi connectivity index (χ2n) is 6.36. The molecule has 10 heteroatoms. The van der Waals surface area contributed by atoms with Gasteiger partial charge in [-0.25, -0.2) is 0 Å². The first-order chi connectivity index (χ1) is 12.0. The Morgan fingerprint density at radius 1 is 1.16 bits per heavy atom. The van der Waals surface area contributed by atoms with E-state index in [9.17, 15) is 0 Å². The van der Waals surface area contributed by atoms with Crippen LogP contribution in [0.2, 0.25) is 0 Å². The van der Waals surface area contributed by atoms with Gasteiger partial charge in [-0.1, -0.05) is 42.4 Å². The molecule has 3 rings (SSSR count). The maximum Gasteiger partial charge on any atom is 0.229 e. The molecule has 2 aromatic heterocycles. The largest absolute Gasteiger partial charge is 0.368 e. The number of nitrogens with one attached hydrogen (secondary N) is 1. The standard InChI is InChI=1S/C15H24N8S2/c1-9(11-18-12(16)20-13(19-11)23(2)3)24-15-22-21-14(25-15)17-10-7-5-4-6-8-10/h9-10H,4-8H2,1-3H3,(H,17,21)(H2,16,18,19,20). The molecule has 136 valence electrons. The molecule has 1 atom stereocenters. The van der Waals surface area contributed by atoms with E-state index >= 15 is 0 Å². The van der Waals surface area contributed by atoms with E-state index in [0.717, 1.165) is 9.47 Å². The van der Waals surface area contributed by atoms with Crippen LogP contribution in [0.25, 0.3) is 0 Å². The molecule has 0 saturated heterocycles. The maximum atomic E-state index is 5.80. The van der Waals surface area contributed by atoms with E-state index in [1.165, 1.54) is 32.1 Å². The fourth-order valence-electron chi connectivity index (χ4n) is 2.72. The monoisotopic (exact) mass is 380 g/mol. The van der Waals surface area contributed by atoms with Crippen LogP contribution in [-0.4, -0.2) is 45.3 Å². The Morgan fingerprint density at radius 3 is 2.64 bits per heavy atom. The Labute approximate surface area is 156 Å². The minimum Gasteiger partial charge on any atom is -0.368 e.